The van der Waals surface area contributed by atoms with Crippen LogP contribution in [0.1, 0.15) is 5.56 Å². The van der Waals surface area contributed by atoms with E-state index in [1.54, 1.807) is 0 Å². The maximum absolute atomic E-state index is 13.4. The third kappa shape index (κ3) is 4.06. The molecule has 0 atom stereocenters. The maximum atomic E-state index is 13.4. The van der Waals surface area contributed by atoms with Crippen molar-refractivity contribution >= 4 is 11.6 Å². The number of rotatable bonds is 5. The smallest absolute Gasteiger partial charge is 0.238 e. The standard InChI is InChI=1S/C15H13F3N2O/c16-11-6-7-12(15(18)14(11)17)20-13(21)9-19-8-10-4-2-1-3-5-10/h1-7,19H,8-9H2,(H,20,21). The van der Waals surface area contributed by atoms with Crippen molar-refractivity contribution in [3.05, 3.63) is 65.5 Å². The van der Waals surface area contributed by atoms with E-state index in [1.165, 1.54) is 0 Å². The average Bonchev–Trinajstić information content (AvgIpc) is 2.49. The van der Waals surface area contributed by atoms with Gasteiger partial charge in [0, 0.05) is 6.54 Å². The van der Waals surface area contributed by atoms with Gasteiger partial charge in [0.05, 0.1) is 12.2 Å². The predicted octanol–water partition coefficient (Wildman–Crippen LogP) is 2.83. The van der Waals surface area contributed by atoms with Gasteiger partial charge in [0.2, 0.25) is 5.91 Å². The molecule has 6 heteroatoms. The molecule has 110 valence electrons. The molecule has 0 bridgehead atoms. The first-order chi connectivity index (χ1) is 10.1. The Kier molecular flexibility index (Phi) is 4.94. The molecule has 1 amide bonds. The molecule has 0 saturated heterocycles. The van der Waals surface area contributed by atoms with E-state index in [2.05, 4.69) is 10.6 Å². The Bertz CT molecular complexity index is 632. The number of hydrogen-bond acceptors (Lipinski definition) is 2. The van der Waals surface area contributed by atoms with Gasteiger partial charge in [0.25, 0.3) is 0 Å². The Labute approximate surface area is 119 Å². The van der Waals surface area contributed by atoms with Crippen LogP contribution in [0.3, 0.4) is 0 Å². The zero-order valence-electron chi connectivity index (χ0n) is 11.0. The molecule has 2 aromatic rings. The van der Waals surface area contributed by atoms with Gasteiger partial charge in [0.1, 0.15) is 0 Å². The highest BCUT2D eigenvalue weighted by Crippen LogP contribution is 2.19. The second-order valence-electron chi connectivity index (χ2n) is 4.36. The molecule has 2 N–H and O–H groups in total. The quantitative estimate of drug-likeness (QED) is 0.833. The third-order valence-corrected chi connectivity index (χ3v) is 2.77. The molecule has 0 fully saturated rings. The molecule has 0 aliphatic carbocycles. The Hall–Kier alpha value is -2.34. The monoisotopic (exact) mass is 294 g/mol. The van der Waals surface area contributed by atoms with Gasteiger partial charge in [-0.3, -0.25) is 4.79 Å². The van der Waals surface area contributed by atoms with Gasteiger partial charge in [-0.25, -0.2) is 13.2 Å². The second-order valence-corrected chi connectivity index (χ2v) is 4.36. The van der Waals surface area contributed by atoms with Crippen molar-refractivity contribution in [3.8, 4) is 0 Å². The van der Waals surface area contributed by atoms with E-state index >= 15 is 0 Å². The Morgan fingerprint density at radius 1 is 0.952 bits per heavy atom. The largest absolute Gasteiger partial charge is 0.322 e. The molecular weight excluding hydrogens is 281 g/mol. The SMILES string of the molecule is O=C(CNCc1ccccc1)Nc1ccc(F)c(F)c1F. The molecule has 0 unspecified atom stereocenters. The third-order valence-electron chi connectivity index (χ3n) is 2.77. The summed E-state index contributed by atoms with van der Waals surface area (Å²) in [5.41, 5.74) is 0.602. The van der Waals surface area contributed by atoms with Crippen LogP contribution >= 0.6 is 0 Å². The number of nitrogens with one attached hydrogen (secondary N) is 2. The van der Waals surface area contributed by atoms with Gasteiger partial charge in [-0.15, -0.1) is 0 Å². The highest BCUT2D eigenvalue weighted by molar-refractivity contribution is 5.92. The Balaban J connectivity index is 1.86. The van der Waals surface area contributed by atoms with Crippen molar-refractivity contribution in [1.82, 2.24) is 5.32 Å². The zero-order valence-corrected chi connectivity index (χ0v) is 11.0. The summed E-state index contributed by atoms with van der Waals surface area (Å²) in [7, 11) is 0. The van der Waals surface area contributed by atoms with E-state index in [4.69, 9.17) is 0 Å². The maximum Gasteiger partial charge on any atom is 0.238 e. The van der Waals surface area contributed by atoms with Gasteiger partial charge in [0.15, 0.2) is 17.5 Å². The molecule has 0 saturated carbocycles. The lowest BCUT2D eigenvalue weighted by Crippen LogP contribution is -2.28. The van der Waals surface area contributed by atoms with Crippen LogP contribution in [0.25, 0.3) is 0 Å². The summed E-state index contributed by atoms with van der Waals surface area (Å²) in [6.07, 6.45) is 0. The van der Waals surface area contributed by atoms with Crippen LogP contribution < -0.4 is 10.6 Å². The fraction of sp³-hybridized carbons (Fsp3) is 0.133. The van der Waals surface area contributed by atoms with Crippen LogP contribution in [-0.2, 0) is 11.3 Å². The van der Waals surface area contributed by atoms with E-state index < -0.39 is 23.4 Å². The molecule has 21 heavy (non-hydrogen) atoms. The van der Waals surface area contributed by atoms with Crippen LogP contribution in [0.5, 0.6) is 0 Å². The Morgan fingerprint density at radius 2 is 1.67 bits per heavy atom. The number of hydrogen-bond donors (Lipinski definition) is 2. The van der Waals surface area contributed by atoms with E-state index in [1.807, 2.05) is 30.3 Å². The minimum atomic E-state index is -1.61. The van der Waals surface area contributed by atoms with E-state index in [-0.39, 0.29) is 12.2 Å². The van der Waals surface area contributed by atoms with Crippen LogP contribution in [0.15, 0.2) is 42.5 Å². The molecule has 0 spiro atoms. The van der Waals surface area contributed by atoms with Gasteiger partial charge in [-0.05, 0) is 17.7 Å². The molecule has 0 aliphatic rings. The van der Waals surface area contributed by atoms with Crippen LogP contribution in [0.2, 0.25) is 0 Å². The number of amides is 1. The van der Waals surface area contributed by atoms with Crippen LogP contribution in [-0.4, -0.2) is 12.5 Å². The summed E-state index contributed by atoms with van der Waals surface area (Å²) in [6, 6.07) is 11.1. The van der Waals surface area contributed by atoms with E-state index in [0.29, 0.717) is 6.54 Å². The molecule has 3 nitrogen and oxygen atoms in total. The number of anilines is 1. The van der Waals surface area contributed by atoms with Crippen molar-refractivity contribution in [3.63, 3.8) is 0 Å². The van der Waals surface area contributed by atoms with E-state index in [0.717, 1.165) is 17.7 Å². The molecule has 2 aromatic carbocycles. The summed E-state index contributed by atoms with van der Waals surface area (Å²) in [5.74, 6) is -4.86. The first-order valence-corrected chi connectivity index (χ1v) is 6.26. The number of benzene rings is 2. The predicted molar refractivity (Wildman–Crippen MR) is 73.1 cm³/mol. The second kappa shape index (κ2) is 6.90. The fourth-order valence-corrected chi connectivity index (χ4v) is 1.73. The van der Waals surface area contributed by atoms with E-state index in [9.17, 15) is 18.0 Å². The molecule has 0 heterocycles. The topological polar surface area (TPSA) is 41.1 Å². The summed E-state index contributed by atoms with van der Waals surface area (Å²) in [5, 5.41) is 5.05. The fourth-order valence-electron chi connectivity index (χ4n) is 1.73. The highest BCUT2D eigenvalue weighted by Gasteiger charge is 2.14. The highest BCUT2D eigenvalue weighted by atomic mass is 19.2. The molecule has 0 aromatic heterocycles. The average molecular weight is 294 g/mol. The molecule has 0 aliphatic heterocycles. The first-order valence-electron chi connectivity index (χ1n) is 6.26. The van der Waals surface area contributed by atoms with Crippen molar-refractivity contribution in [2.45, 2.75) is 6.54 Å². The lowest BCUT2D eigenvalue weighted by atomic mass is 10.2. The van der Waals surface area contributed by atoms with Gasteiger partial charge in [-0.2, -0.15) is 0 Å². The molecular formula is C15H13F3N2O. The molecule has 0 radical (unpaired) electrons. The minimum absolute atomic E-state index is 0.0761. The van der Waals surface area contributed by atoms with Gasteiger partial charge in [-0.1, -0.05) is 30.3 Å². The Morgan fingerprint density at radius 3 is 2.38 bits per heavy atom. The number of carbonyl (C=O) groups excluding carboxylic acids is 1. The van der Waals surface area contributed by atoms with Crippen molar-refractivity contribution in [2.75, 3.05) is 11.9 Å². The van der Waals surface area contributed by atoms with Crippen LogP contribution in [0.4, 0.5) is 18.9 Å². The van der Waals surface area contributed by atoms with Gasteiger partial charge < -0.3 is 10.6 Å². The number of halogens is 3. The van der Waals surface area contributed by atoms with Crippen molar-refractivity contribution in [1.29, 1.82) is 0 Å². The summed E-state index contributed by atoms with van der Waals surface area (Å²) in [6.45, 7) is 0.391. The summed E-state index contributed by atoms with van der Waals surface area (Å²) >= 11 is 0. The van der Waals surface area contributed by atoms with Crippen LogP contribution in [0, 0.1) is 17.5 Å². The summed E-state index contributed by atoms with van der Waals surface area (Å²) in [4.78, 5) is 11.6. The normalized spacial score (nSPS) is 10.4. The lowest BCUT2D eigenvalue weighted by molar-refractivity contribution is -0.115. The van der Waals surface area contributed by atoms with Crippen molar-refractivity contribution in [2.24, 2.45) is 0 Å². The van der Waals surface area contributed by atoms with Gasteiger partial charge >= 0.3 is 0 Å². The summed E-state index contributed by atoms with van der Waals surface area (Å²) < 4.78 is 39.1. The number of carbonyl (C=O) groups is 1. The minimum Gasteiger partial charge on any atom is -0.322 e. The zero-order chi connectivity index (χ0) is 15.2. The molecule has 2 rings (SSSR count). The lowest BCUT2D eigenvalue weighted by Gasteiger charge is -2.08. The van der Waals surface area contributed by atoms with Crippen molar-refractivity contribution < 1.29 is 18.0 Å². The first kappa shape index (κ1) is 15.1.